The van der Waals surface area contributed by atoms with Crippen molar-refractivity contribution in [1.82, 2.24) is 5.32 Å². The Morgan fingerprint density at radius 1 is 1.27 bits per heavy atom. The van der Waals surface area contributed by atoms with E-state index in [2.05, 4.69) is 44.3 Å². The highest BCUT2D eigenvalue weighted by Crippen LogP contribution is 2.24. The second-order valence-electron chi connectivity index (χ2n) is 5.28. The molecule has 0 heterocycles. The minimum Gasteiger partial charge on any atom is -0.453 e. The van der Waals surface area contributed by atoms with E-state index in [0.29, 0.717) is 0 Å². The Morgan fingerprint density at radius 3 is 2.50 bits per heavy atom. The number of carbonyl (C=O) groups excluding carboxylic acids is 1. The molecule has 0 saturated carbocycles. The number of methoxy groups -OCH3 is 1. The van der Waals surface area contributed by atoms with E-state index in [-0.39, 0.29) is 12.0 Å². The SMILES string of the molecule is CC/C=C(/C=C\[C@H](C)[C@@H](NC(=O)OC)c1ccccc1)CC. The number of alkyl carbamates (subject to hydrolysis) is 1. The molecule has 3 nitrogen and oxygen atoms in total. The third-order valence-electron chi connectivity index (χ3n) is 3.63. The van der Waals surface area contributed by atoms with Gasteiger partial charge in [0.15, 0.2) is 0 Å². The molecule has 1 aromatic carbocycles. The first kappa shape index (κ1) is 18.0. The van der Waals surface area contributed by atoms with E-state index in [0.717, 1.165) is 18.4 Å². The minimum absolute atomic E-state index is 0.107. The zero-order valence-electron chi connectivity index (χ0n) is 14.0. The molecule has 0 fully saturated rings. The highest BCUT2D eigenvalue weighted by molar-refractivity contribution is 5.67. The van der Waals surface area contributed by atoms with Gasteiger partial charge in [-0.25, -0.2) is 4.79 Å². The fourth-order valence-corrected chi connectivity index (χ4v) is 2.34. The Hall–Kier alpha value is -2.03. The molecule has 0 aliphatic heterocycles. The summed E-state index contributed by atoms with van der Waals surface area (Å²) in [5, 5.41) is 2.92. The van der Waals surface area contributed by atoms with Crippen molar-refractivity contribution in [2.75, 3.05) is 7.11 Å². The van der Waals surface area contributed by atoms with Gasteiger partial charge in [0.05, 0.1) is 13.2 Å². The van der Waals surface area contributed by atoms with E-state index < -0.39 is 6.09 Å². The smallest absolute Gasteiger partial charge is 0.407 e. The van der Waals surface area contributed by atoms with Gasteiger partial charge in [-0.05, 0) is 24.3 Å². The maximum absolute atomic E-state index is 11.6. The third kappa shape index (κ3) is 5.76. The van der Waals surface area contributed by atoms with Crippen LogP contribution in [-0.4, -0.2) is 13.2 Å². The second kappa shape index (κ2) is 9.82. The van der Waals surface area contributed by atoms with E-state index in [1.54, 1.807) is 0 Å². The Balaban J connectivity index is 2.93. The van der Waals surface area contributed by atoms with Crippen molar-refractivity contribution in [2.24, 2.45) is 5.92 Å². The summed E-state index contributed by atoms with van der Waals surface area (Å²) in [6.07, 6.45) is 8.17. The molecule has 1 amide bonds. The summed E-state index contributed by atoms with van der Waals surface area (Å²) in [6.45, 7) is 6.39. The van der Waals surface area contributed by atoms with E-state index in [4.69, 9.17) is 4.74 Å². The summed E-state index contributed by atoms with van der Waals surface area (Å²) < 4.78 is 4.75. The van der Waals surface area contributed by atoms with Crippen LogP contribution in [0.1, 0.15) is 45.2 Å². The quantitative estimate of drug-likeness (QED) is 0.718. The lowest BCUT2D eigenvalue weighted by Crippen LogP contribution is -2.31. The average Bonchev–Trinajstić information content (AvgIpc) is 2.56. The first-order valence-corrected chi connectivity index (χ1v) is 7.89. The Bertz CT molecular complexity index is 505. The molecule has 0 radical (unpaired) electrons. The van der Waals surface area contributed by atoms with Crippen molar-refractivity contribution < 1.29 is 9.53 Å². The molecule has 1 aromatic rings. The molecule has 22 heavy (non-hydrogen) atoms. The van der Waals surface area contributed by atoms with E-state index in [9.17, 15) is 4.79 Å². The van der Waals surface area contributed by atoms with Crippen LogP contribution in [0.3, 0.4) is 0 Å². The van der Waals surface area contributed by atoms with Gasteiger partial charge in [0.1, 0.15) is 0 Å². The number of hydrogen-bond donors (Lipinski definition) is 1. The number of rotatable bonds is 7. The number of benzene rings is 1. The molecule has 1 rings (SSSR count). The molecule has 1 N–H and O–H groups in total. The molecule has 120 valence electrons. The van der Waals surface area contributed by atoms with E-state index in [1.165, 1.54) is 12.7 Å². The Labute approximate surface area is 134 Å². The van der Waals surface area contributed by atoms with Crippen LogP contribution >= 0.6 is 0 Å². The van der Waals surface area contributed by atoms with Crippen molar-refractivity contribution in [3.05, 3.63) is 59.7 Å². The van der Waals surface area contributed by atoms with Crippen molar-refractivity contribution in [1.29, 1.82) is 0 Å². The van der Waals surface area contributed by atoms with Crippen LogP contribution in [0.2, 0.25) is 0 Å². The predicted molar refractivity (Wildman–Crippen MR) is 91.7 cm³/mol. The van der Waals surface area contributed by atoms with Gasteiger partial charge in [-0.3, -0.25) is 0 Å². The van der Waals surface area contributed by atoms with Gasteiger partial charge >= 0.3 is 6.09 Å². The summed E-state index contributed by atoms with van der Waals surface area (Å²) >= 11 is 0. The number of allylic oxidation sites excluding steroid dienone is 3. The lowest BCUT2D eigenvalue weighted by molar-refractivity contribution is 0.164. The molecule has 0 aliphatic rings. The molecule has 0 unspecified atom stereocenters. The van der Waals surface area contributed by atoms with Gasteiger partial charge in [0, 0.05) is 0 Å². The fourth-order valence-electron chi connectivity index (χ4n) is 2.34. The summed E-state index contributed by atoms with van der Waals surface area (Å²) in [5.74, 6) is 0.160. The first-order valence-electron chi connectivity index (χ1n) is 7.89. The molecule has 2 atom stereocenters. The Kier molecular flexibility index (Phi) is 8.05. The van der Waals surface area contributed by atoms with Crippen LogP contribution in [0.4, 0.5) is 4.79 Å². The number of ether oxygens (including phenoxy) is 1. The molecule has 0 aromatic heterocycles. The van der Waals surface area contributed by atoms with Crippen LogP contribution < -0.4 is 5.32 Å². The Morgan fingerprint density at radius 2 is 1.95 bits per heavy atom. The molecule has 0 spiro atoms. The average molecular weight is 301 g/mol. The van der Waals surface area contributed by atoms with Crippen LogP contribution in [0, 0.1) is 5.92 Å². The number of nitrogens with one attached hydrogen (secondary N) is 1. The summed E-state index contributed by atoms with van der Waals surface area (Å²) in [6, 6.07) is 9.86. The monoisotopic (exact) mass is 301 g/mol. The summed E-state index contributed by atoms with van der Waals surface area (Å²) in [5.41, 5.74) is 2.39. The van der Waals surface area contributed by atoms with E-state index in [1.807, 2.05) is 30.3 Å². The lowest BCUT2D eigenvalue weighted by atomic mass is 9.93. The normalized spacial score (nSPS) is 14.6. The first-order chi connectivity index (χ1) is 10.6. The zero-order valence-corrected chi connectivity index (χ0v) is 14.0. The second-order valence-corrected chi connectivity index (χ2v) is 5.28. The number of hydrogen-bond acceptors (Lipinski definition) is 2. The number of amides is 1. The van der Waals surface area contributed by atoms with Gasteiger partial charge in [0.25, 0.3) is 0 Å². The molecular weight excluding hydrogens is 274 g/mol. The van der Waals surface area contributed by atoms with Crippen LogP contribution in [0.15, 0.2) is 54.1 Å². The van der Waals surface area contributed by atoms with Gasteiger partial charge < -0.3 is 10.1 Å². The van der Waals surface area contributed by atoms with E-state index >= 15 is 0 Å². The van der Waals surface area contributed by atoms with Crippen molar-refractivity contribution in [3.8, 4) is 0 Å². The van der Waals surface area contributed by atoms with Gasteiger partial charge in [0.2, 0.25) is 0 Å². The van der Waals surface area contributed by atoms with Gasteiger partial charge in [-0.1, -0.05) is 74.9 Å². The van der Waals surface area contributed by atoms with Crippen LogP contribution in [0.5, 0.6) is 0 Å². The standard InChI is InChI=1S/C19H27NO2/c1-5-10-16(6-2)14-13-15(3)18(20-19(21)22-4)17-11-8-7-9-12-17/h7-15,18H,5-6H2,1-4H3,(H,20,21)/b14-13-,16-10+/t15-,18+/m0/s1. The zero-order chi connectivity index (χ0) is 16.4. The van der Waals surface area contributed by atoms with Crippen molar-refractivity contribution in [3.63, 3.8) is 0 Å². The molecule has 0 saturated heterocycles. The fraction of sp³-hybridized carbons (Fsp3) is 0.421. The maximum atomic E-state index is 11.6. The van der Waals surface area contributed by atoms with Crippen molar-refractivity contribution in [2.45, 2.75) is 39.7 Å². The van der Waals surface area contributed by atoms with Crippen LogP contribution in [-0.2, 0) is 4.74 Å². The third-order valence-corrected chi connectivity index (χ3v) is 3.63. The highest BCUT2D eigenvalue weighted by atomic mass is 16.5. The predicted octanol–water partition coefficient (Wildman–Crippen LogP) is 5.02. The topological polar surface area (TPSA) is 38.3 Å². The molecule has 0 aliphatic carbocycles. The lowest BCUT2D eigenvalue weighted by Gasteiger charge is -2.23. The minimum atomic E-state index is -0.408. The summed E-state index contributed by atoms with van der Waals surface area (Å²) in [4.78, 5) is 11.6. The summed E-state index contributed by atoms with van der Waals surface area (Å²) in [7, 11) is 1.39. The van der Waals surface area contributed by atoms with Gasteiger partial charge in [-0.2, -0.15) is 0 Å². The molecule has 0 bridgehead atoms. The van der Waals surface area contributed by atoms with Gasteiger partial charge in [-0.15, -0.1) is 0 Å². The van der Waals surface area contributed by atoms with Crippen molar-refractivity contribution >= 4 is 6.09 Å². The molecule has 3 heteroatoms. The number of carbonyl (C=O) groups is 1. The van der Waals surface area contributed by atoms with Crippen LogP contribution in [0.25, 0.3) is 0 Å². The maximum Gasteiger partial charge on any atom is 0.407 e. The highest BCUT2D eigenvalue weighted by Gasteiger charge is 2.19. The molecular formula is C19H27NO2. The largest absolute Gasteiger partial charge is 0.453 e.